The van der Waals surface area contributed by atoms with E-state index < -0.39 is 0 Å². The van der Waals surface area contributed by atoms with Crippen molar-refractivity contribution in [2.75, 3.05) is 0 Å². The molecule has 2 atom stereocenters. The highest BCUT2D eigenvalue weighted by Gasteiger charge is 2.16. The molecule has 0 radical (unpaired) electrons. The molecule has 0 bridgehead atoms. The number of hydrogen-bond acceptors (Lipinski definition) is 1. The molecular weight excluding hydrogens is 196 g/mol. The fourth-order valence-electron chi connectivity index (χ4n) is 2.03. The first-order valence-electron chi connectivity index (χ1n) is 6.44. The summed E-state index contributed by atoms with van der Waals surface area (Å²) < 4.78 is 0. The zero-order valence-corrected chi connectivity index (χ0v) is 11.2. The van der Waals surface area contributed by atoms with Gasteiger partial charge in [0.15, 0.2) is 0 Å². The van der Waals surface area contributed by atoms with E-state index in [-0.39, 0.29) is 11.5 Å². The molecule has 0 saturated heterocycles. The summed E-state index contributed by atoms with van der Waals surface area (Å²) in [6.45, 7) is 8.81. The van der Waals surface area contributed by atoms with Gasteiger partial charge in [-0.25, -0.2) is 0 Å². The zero-order valence-electron chi connectivity index (χ0n) is 11.2. The van der Waals surface area contributed by atoms with E-state index in [0.29, 0.717) is 5.92 Å². The van der Waals surface area contributed by atoms with Crippen molar-refractivity contribution in [1.29, 1.82) is 0 Å². The molecule has 0 spiro atoms. The third-order valence-electron chi connectivity index (χ3n) is 3.53. The molecule has 0 aliphatic heterocycles. The fourth-order valence-corrected chi connectivity index (χ4v) is 2.03. The van der Waals surface area contributed by atoms with Gasteiger partial charge >= 0.3 is 0 Å². The van der Waals surface area contributed by atoms with Crippen LogP contribution in [-0.4, -0.2) is 11.2 Å². The van der Waals surface area contributed by atoms with Gasteiger partial charge < -0.3 is 5.11 Å². The summed E-state index contributed by atoms with van der Waals surface area (Å²) in [7, 11) is 0. The minimum atomic E-state index is -0.280. The first-order chi connectivity index (χ1) is 7.41. The summed E-state index contributed by atoms with van der Waals surface area (Å²) in [6.07, 6.45) is 10.8. The molecule has 1 nitrogen and oxygen atoms in total. The maximum Gasteiger partial charge on any atom is 0.0746 e. The first kappa shape index (κ1) is 13.5. The maximum absolute atomic E-state index is 9.99. The van der Waals surface area contributed by atoms with Gasteiger partial charge in [0.2, 0.25) is 0 Å². The third-order valence-corrected chi connectivity index (χ3v) is 3.53. The summed E-state index contributed by atoms with van der Waals surface area (Å²) >= 11 is 0. The molecule has 1 aliphatic carbocycles. The zero-order chi connectivity index (χ0) is 12.2. The lowest BCUT2D eigenvalue weighted by molar-refractivity contribution is 0.154. The number of allylic oxidation sites excluding steroid dienone is 3. The Kier molecular flexibility index (Phi) is 4.79. The van der Waals surface area contributed by atoms with E-state index in [2.05, 4.69) is 39.8 Å². The van der Waals surface area contributed by atoms with Crippen LogP contribution in [0.5, 0.6) is 0 Å². The average molecular weight is 222 g/mol. The standard InChI is InChI=1S/C15H26O/c1-12-6-5-7-13(2)14(16)9-11-15(3,4)10-8-12/h8-9,11,13-14,16H,5-7,10H2,1-4H3/b11-9+,12-8+/t13-,14+/m1/s1. The highest BCUT2D eigenvalue weighted by Crippen LogP contribution is 2.27. The van der Waals surface area contributed by atoms with Crippen molar-refractivity contribution in [3.63, 3.8) is 0 Å². The molecule has 0 aromatic rings. The monoisotopic (exact) mass is 222 g/mol. The molecule has 0 heterocycles. The van der Waals surface area contributed by atoms with E-state index in [9.17, 15) is 5.11 Å². The maximum atomic E-state index is 9.99. The Morgan fingerprint density at radius 3 is 2.75 bits per heavy atom. The average Bonchev–Trinajstić information content (AvgIpc) is 2.23. The molecule has 0 aromatic heterocycles. The van der Waals surface area contributed by atoms with Crippen LogP contribution in [0.4, 0.5) is 0 Å². The summed E-state index contributed by atoms with van der Waals surface area (Å²) in [6, 6.07) is 0. The van der Waals surface area contributed by atoms with Crippen LogP contribution in [0.1, 0.15) is 53.4 Å². The number of rotatable bonds is 0. The van der Waals surface area contributed by atoms with Gasteiger partial charge in [-0.1, -0.05) is 44.6 Å². The molecule has 92 valence electrons. The van der Waals surface area contributed by atoms with Crippen LogP contribution in [-0.2, 0) is 0 Å². The van der Waals surface area contributed by atoms with Crippen LogP contribution in [0, 0.1) is 11.3 Å². The molecule has 1 heteroatoms. The van der Waals surface area contributed by atoms with Gasteiger partial charge in [0, 0.05) is 0 Å². The van der Waals surface area contributed by atoms with E-state index in [4.69, 9.17) is 0 Å². The van der Waals surface area contributed by atoms with Crippen LogP contribution in [0.15, 0.2) is 23.8 Å². The van der Waals surface area contributed by atoms with Crippen LogP contribution in [0.25, 0.3) is 0 Å². The van der Waals surface area contributed by atoms with Gasteiger partial charge in [-0.15, -0.1) is 0 Å². The Labute approximate surface area is 100 Å². The minimum Gasteiger partial charge on any atom is -0.389 e. The highest BCUT2D eigenvalue weighted by molar-refractivity contribution is 5.07. The molecule has 0 saturated carbocycles. The molecular formula is C15H26O. The summed E-state index contributed by atoms with van der Waals surface area (Å²) in [4.78, 5) is 0. The van der Waals surface area contributed by atoms with Gasteiger partial charge in [-0.05, 0) is 43.9 Å². The van der Waals surface area contributed by atoms with Crippen molar-refractivity contribution < 1.29 is 5.11 Å². The van der Waals surface area contributed by atoms with Crippen molar-refractivity contribution in [3.05, 3.63) is 23.8 Å². The third kappa shape index (κ3) is 4.52. The fraction of sp³-hybridized carbons (Fsp3) is 0.733. The molecule has 0 amide bonds. The SMILES string of the molecule is C/C1=C\CC(C)(C)/C=C/[C@H](O)[C@H](C)CCC1. The molecule has 0 fully saturated rings. The molecule has 0 aromatic carbocycles. The predicted octanol–water partition coefficient (Wildman–Crippen LogP) is 4.09. The van der Waals surface area contributed by atoms with E-state index in [1.54, 1.807) is 0 Å². The highest BCUT2D eigenvalue weighted by atomic mass is 16.3. The quantitative estimate of drug-likeness (QED) is 0.612. The first-order valence-corrected chi connectivity index (χ1v) is 6.44. The van der Waals surface area contributed by atoms with Crippen LogP contribution >= 0.6 is 0 Å². The molecule has 16 heavy (non-hydrogen) atoms. The number of hydrogen-bond donors (Lipinski definition) is 1. The van der Waals surface area contributed by atoms with Crippen molar-refractivity contribution in [3.8, 4) is 0 Å². The molecule has 1 N–H and O–H groups in total. The van der Waals surface area contributed by atoms with Crippen molar-refractivity contribution in [2.24, 2.45) is 11.3 Å². The summed E-state index contributed by atoms with van der Waals surface area (Å²) in [5, 5.41) is 9.99. The lowest BCUT2D eigenvalue weighted by atomic mass is 9.87. The van der Waals surface area contributed by atoms with E-state index in [1.807, 2.05) is 6.08 Å². The lowest BCUT2D eigenvalue weighted by Gasteiger charge is -2.20. The van der Waals surface area contributed by atoms with Gasteiger partial charge in [0.1, 0.15) is 0 Å². The van der Waals surface area contributed by atoms with Crippen molar-refractivity contribution in [1.82, 2.24) is 0 Å². The minimum absolute atomic E-state index is 0.159. The Morgan fingerprint density at radius 2 is 2.06 bits per heavy atom. The summed E-state index contributed by atoms with van der Waals surface area (Å²) in [5.41, 5.74) is 1.65. The van der Waals surface area contributed by atoms with Crippen LogP contribution < -0.4 is 0 Å². The largest absolute Gasteiger partial charge is 0.389 e. The molecule has 0 unspecified atom stereocenters. The van der Waals surface area contributed by atoms with E-state index in [0.717, 1.165) is 12.8 Å². The Hall–Kier alpha value is -0.560. The van der Waals surface area contributed by atoms with Gasteiger partial charge in [0.25, 0.3) is 0 Å². The second-order valence-electron chi connectivity index (χ2n) is 5.96. The Balaban J connectivity index is 2.79. The van der Waals surface area contributed by atoms with E-state index in [1.165, 1.54) is 18.4 Å². The molecule has 1 aliphatic rings. The molecule has 1 rings (SSSR count). The number of aliphatic hydroxyl groups is 1. The number of aliphatic hydroxyl groups excluding tert-OH is 1. The van der Waals surface area contributed by atoms with Gasteiger partial charge in [-0.3, -0.25) is 0 Å². The topological polar surface area (TPSA) is 20.2 Å². The van der Waals surface area contributed by atoms with Gasteiger partial charge in [-0.2, -0.15) is 0 Å². The van der Waals surface area contributed by atoms with Crippen molar-refractivity contribution >= 4 is 0 Å². The van der Waals surface area contributed by atoms with Crippen LogP contribution in [0.3, 0.4) is 0 Å². The predicted molar refractivity (Wildman–Crippen MR) is 70.3 cm³/mol. The van der Waals surface area contributed by atoms with E-state index >= 15 is 0 Å². The summed E-state index contributed by atoms with van der Waals surface area (Å²) in [5.74, 6) is 0.373. The second kappa shape index (κ2) is 5.67. The normalized spacial score (nSPS) is 36.9. The smallest absolute Gasteiger partial charge is 0.0746 e. The Bertz CT molecular complexity index is 273. The van der Waals surface area contributed by atoms with Crippen molar-refractivity contribution in [2.45, 2.75) is 59.5 Å². The van der Waals surface area contributed by atoms with Gasteiger partial charge in [0.05, 0.1) is 6.10 Å². The second-order valence-corrected chi connectivity index (χ2v) is 5.96. The lowest BCUT2D eigenvalue weighted by Crippen LogP contribution is -2.16. The Morgan fingerprint density at radius 1 is 1.38 bits per heavy atom. The van der Waals surface area contributed by atoms with Crippen LogP contribution in [0.2, 0.25) is 0 Å².